The summed E-state index contributed by atoms with van der Waals surface area (Å²) in [4.78, 5) is 27.6. The first-order valence-corrected chi connectivity index (χ1v) is 12.8. The molecule has 0 aliphatic rings. The smallest absolute Gasteiger partial charge is 0.244 e. The van der Waals surface area contributed by atoms with Gasteiger partial charge in [0.1, 0.15) is 24.2 Å². The molecule has 34 heavy (non-hydrogen) atoms. The van der Waals surface area contributed by atoms with Crippen LogP contribution in [0.5, 0.6) is 5.75 Å². The number of nitrogens with one attached hydrogen (secondary N) is 1. The third kappa shape index (κ3) is 7.44. The van der Waals surface area contributed by atoms with E-state index in [-0.39, 0.29) is 24.2 Å². The van der Waals surface area contributed by atoms with E-state index in [1.54, 1.807) is 38.3 Å². The van der Waals surface area contributed by atoms with Crippen molar-refractivity contribution in [3.05, 3.63) is 59.9 Å². The molecule has 2 atom stereocenters. The third-order valence-electron chi connectivity index (χ3n) is 5.46. The number of carbonyl (C=O) groups excluding carboxylic acids is 2. The molecular weight excluding hydrogens is 461 g/mol. The Labute approximate surface area is 200 Å². The van der Waals surface area contributed by atoms with E-state index < -0.39 is 34.3 Å². The number of hydrogen-bond donors (Lipinski definition) is 1. The van der Waals surface area contributed by atoms with Crippen molar-refractivity contribution in [3.63, 3.8) is 0 Å². The van der Waals surface area contributed by atoms with Gasteiger partial charge < -0.3 is 15.0 Å². The lowest BCUT2D eigenvalue weighted by Gasteiger charge is -2.32. The van der Waals surface area contributed by atoms with Gasteiger partial charge in [-0.25, -0.2) is 12.8 Å². The van der Waals surface area contributed by atoms with Gasteiger partial charge in [-0.2, -0.15) is 0 Å². The molecule has 2 rings (SSSR count). The van der Waals surface area contributed by atoms with E-state index in [1.807, 2.05) is 13.8 Å². The van der Waals surface area contributed by atoms with Crippen molar-refractivity contribution in [2.75, 3.05) is 24.2 Å². The van der Waals surface area contributed by atoms with E-state index in [4.69, 9.17) is 4.74 Å². The Morgan fingerprint density at radius 1 is 1.12 bits per heavy atom. The summed E-state index contributed by atoms with van der Waals surface area (Å²) >= 11 is 0. The molecule has 0 fully saturated rings. The lowest BCUT2D eigenvalue weighted by molar-refractivity contribution is -0.139. The highest BCUT2D eigenvalue weighted by molar-refractivity contribution is 7.92. The summed E-state index contributed by atoms with van der Waals surface area (Å²) in [5, 5.41) is 2.86. The maximum atomic E-state index is 13.8. The minimum atomic E-state index is -3.91. The standard InChI is InChI=1S/C24H32FN3O5S/c1-6-17(2)26-24(30)18(3)27(15-19-10-12-22(33-4)13-11-19)23(29)16-28(34(5,31)32)21-9-7-8-20(25)14-21/h7-14,17-18H,6,15-16H2,1-5H3,(H,26,30). The third-order valence-corrected chi connectivity index (χ3v) is 6.60. The number of nitrogens with zero attached hydrogens (tertiary/aromatic N) is 2. The molecule has 186 valence electrons. The summed E-state index contributed by atoms with van der Waals surface area (Å²) in [5.41, 5.74) is 0.756. The Kier molecular flexibility index (Phi) is 9.43. The summed E-state index contributed by atoms with van der Waals surface area (Å²) < 4.78 is 44.7. The summed E-state index contributed by atoms with van der Waals surface area (Å²) in [6, 6.07) is 11.0. The number of ether oxygens (including phenoxy) is 1. The van der Waals surface area contributed by atoms with Gasteiger partial charge in [0.05, 0.1) is 19.1 Å². The van der Waals surface area contributed by atoms with E-state index in [2.05, 4.69) is 5.32 Å². The van der Waals surface area contributed by atoms with Gasteiger partial charge in [0.25, 0.3) is 0 Å². The highest BCUT2D eigenvalue weighted by Crippen LogP contribution is 2.20. The molecule has 0 aliphatic heterocycles. The second-order valence-corrected chi connectivity index (χ2v) is 10.0. The zero-order chi connectivity index (χ0) is 25.5. The molecule has 0 spiro atoms. The number of halogens is 1. The number of anilines is 1. The Hall–Kier alpha value is -3.14. The van der Waals surface area contributed by atoms with Crippen molar-refractivity contribution in [2.24, 2.45) is 0 Å². The van der Waals surface area contributed by atoms with Gasteiger partial charge in [0.2, 0.25) is 21.8 Å². The largest absolute Gasteiger partial charge is 0.497 e. The number of rotatable bonds is 11. The average molecular weight is 494 g/mol. The van der Waals surface area contributed by atoms with Gasteiger partial charge in [0.15, 0.2) is 0 Å². The fourth-order valence-electron chi connectivity index (χ4n) is 3.22. The van der Waals surface area contributed by atoms with Crippen molar-refractivity contribution in [3.8, 4) is 5.75 Å². The van der Waals surface area contributed by atoms with Crippen LogP contribution in [0.15, 0.2) is 48.5 Å². The molecule has 0 saturated carbocycles. The quantitative estimate of drug-likeness (QED) is 0.519. The second kappa shape index (κ2) is 11.8. The van der Waals surface area contributed by atoms with Gasteiger partial charge in [-0.3, -0.25) is 13.9 Å². The van der Waals surface area contributed by atoms with Crippen LogP contribution in [0, 0.1) is 5.82 Å². The lowest BCUT2D eigenvalue weighted by atomic mass is 10.1. The summed E-state index contributed by atoms with van der Waals surface area (Å²) in [6.45, 7) is 4.86. The molecule has 0 saturated heterocycles. The van der Waals surface area contributed by atoms with Crippen LogP contribution in [0.3, 0.4) is 0 Å². The van der Waals surface area contributed by atoms with E-state index in [0.29, 0.717) is 12.2 Å². The maximum absolute atomic E-state index is 13.8. The van der Waals surface area contributed by atoms with Gasteiger partial charge >= 0.3 is 0 Å². The summed E-state index contributed by atoms with van der Waals surface area (Å²) in [7, 11) is -2.37. The van der Waals surface area contributed by atoms with Gasteiger partial charge in [0, 0.05) is 12.6 Å². The Bertz CT molecular complexity index is 1090. The molecule has 2 unspecified atom stereocenters. The van der Waals surface area contributed by atoms with Crippen molar-refractivity contribution >= 4 is 27.5 Å². The first kappa shape index (κ1) is 27.1. The average Bonchev–Trinajstić information content (AvgIpc) is 2.79. The molecule has 1 N–H and O–H groups in total. The molecule has 2 aromatic carbocycles. The molecule has 0 heterocycles. The van der Waals surface area contributed by atoms with Gasteiger partial charge in [-0.15, -0.1) is 0 Å². The van der Waals surface area contributed by atoms with Crippen LogP contribution in [-0.4, -0.2) is 57.1 Å². The Balaban J connectivity index is 2.37. The zero-order valence-electron chi connectivity index (χ0n) is 20.1. The monoisotopic (exact) mass is 493 g/mol. The fraction of sp³-hybridized carbons (Fsp3) is 0.417. The highest BCUT2D eigenvalue weighted by atomic mass is 32.2. The number of methoxy groups -OCH3 is 1. The number of carbonyl (C=O) groups is 2. The highest BCUT2D eigenvalue weighted by Gasteiger charge is 2.30. The first-order valence-electron chi connectivity index (χ1n) is 10.9. The number of benzene rings is 2. The van der Waals surface area contributed by atoms with Crippen LogP contribution >= 0.6 is 0 Å². The van der Waals surface area contributed by atoms with Crippen LogP contribution in [0.4, 0.5) is 10.1 Å². The SMILES string of the molecule is CCC(C)NC(=O)C(C)N(Cc1ccc(OC)cc1)C(=O)CN(c1cccc(F)c1)S(C)(=O)=O. The lowest BCUT2D eigenvalue weighted by Crippen LogP contribution is -2.52. The summed E-state index contributed by atoms with van der Waals surface area (Å²) in [5.74, 6) is -0.946. The predicted octanol–water partition coefficient (Wildman–Crippen LogP) is 2.93. The maximum Gasteiger partial charge on any atom is 0.244 e. The zero-order valence-corrected chi connectivity index (χ0v) is 20.9. The van der Waals surface area contributed by atoms with Crippen LogP contribution in [0.25, 0.3) is 0 Å². The van der Waals surface area contributed by atoms with E-state index in [9.17, 15) is 22.4 Å². The first-order chi connectivity index (χ1) is 16.0. The minimum Gasteiger partial charge on any atom is -0.497 e. The fourth-order valence-corrected chi connectivity index (χ4v) is 4.06. The Morgan fingerprint density at radius 2 is 1.76 bits per heavy atom. The van der Waals surface area contributed by atoms with E-state index in [1.165, 1.54) is 23.1 Å². The molecular formula is C24H32FN3O5S. The minimum absolute atomic E-state index is 0.0250. The van der Waals surface area contributed by atoms with Crippen molar-refractivity contribution < 1.29 is 27.1 Å². The van der Waals surface area contributed by atoms with Crippen LogP contribution in [0.1, 0.15) is 32.8 Å². The van der Waals surface area contributed by atoms with Crippen molar-refractivity contribution in [2.45, 2.75) is 45.8 Å². The molecule has 0 aromatic heterocycles. The van der Waals surface area contributed by atoms with Crippen molar-refractivity contribution in [1.29, 1.82) is 0 Å². The van der Waals surface area contributed by atoms with Crippen LogP contribution in [-0.2, 0) is 26.2 Å². The van der Waals surface area contributed by atoms with E-state index in [0.717, 1.165) is 22.2 Å². The molecule has 10 heteroatoms. The normalized spacial score (nSPS) is 13.0. The molecule has 0 bridgehead atoms. The molecule has 8 nitrogen and oxygen atoms in total. The van der Waals surface area contributed by atoms with Gasteiger partial charge in [-0.05, 0) is 56.2 Å². The molecule has 2 aromatic rings. The predicted molar refractivity (Wildman–Crippen MR) is 129 cm³/mol. The Morgan fingerprint density at radius 3 is 2.29 bits per heavy atom. The van der Waals surface area contributed by atoms with Gasteiger partial charge in [-0.1, -0.05) is 25.1 Å². The topological polar surface area (TPSA) is 96.0 Å². The molecule has 0 radical (unpaired) electrons. The van der Waals surface area contributed by atoms with Crippen LogP contribution < -0.4 is 14.4 Å². The van der Waals surface area contributed by atoms with E-state index >= 15 is 0 Å². The number of sulfonamides is 1. The van der Waals surface area contributed by atoms with Crippen molar-refractivity contribution in [1.82, 2.24) is 10.2 Å². The molecule has 0 aliphatic carbocycles. The van der Waals surface area contributed by atoms with Crippen LogP contribution in [0.2, 0.25) is 0 Å². The summed E-state index contributed by atoms with van der Waals surface area (Å²) in [6.07, 6.45) is 1.66. The number of amides is 2. The second-order valence-electron chi connectivity index (χ2n) is 8.11. The number of hydrogen-bond acceptors (Lipinski definition) is 5. The molecule has 2 amide bonds.